The van der Waals surface area contributed by atoms with Gasteiger partial charge in [-0.1, -0.05) is 41.9 Å². The number of benzene rings is 1. The Morgan fingerprint density at radius 1 is 1.21 bits per heavy atom. The normalized spacial score (nSPS) is 11.6. The molecule has 2 heterocycles. The average Bonchev–Trinajstić information content (AvgIpc) is 3.34. The van der Waals surface area contributed by atoms with Crippen LogP contribution in [0.5, 0.6) is 0 Å². The van der Waals surface area contributed by atoms with Crippen molar-refractivity contribution >= 4 is 46.3 Å². The van der Waals surface area contributed by atoms with E-state index in [0.717, 1.165) is 21.1 Å². The van der Waals surface area contributed by atoms with E-state index in [0.29, 0.717) is 11.4 Å². The topological polar surface area (TPSA) is 80.3 Å². The maximum absolute atomic E-state index is 12.6. The molecule has 0 unspecified atom stereocenters. The molecule has 0 aliphatic carbocycles. The van der Waals surface area contributed by atoms with Crippen molar-refractivity contribution in [2.45, 2.75) is 19.0 Å². The molecule has 3 rings (SSSR count). The molecule has 2 N–H and O–H groups in total. The van der Waals surface area contributed by atoms with Crippen LogP contribution in [-0.2, 0) is 22.5 Å². The lowest BCUT2D eigenvalue weighted by Crippen LogP contribution is -2.47. The summed E-state index contributed by atoms with van der Waals surface area (Å²) in [6.45, 7) is 0.256. The van der Waals surface area contributed by atoms with Gasteiger partial charge >= 0.3 is 6.09 Å². The lowest BCUT2D eigenvalue weighted by Gasteiger charge is -2.17. The van der Waals surface area contributed by atoms with Crippen molar-refractivity contribution in [3.63, 3.8) is 0 Å². The molecule has 2 aromatic heterocycles. The molecule has 3 aromatic rings. The van der Waals surface area contributed by atoms with Crippen LogP contribution < -0.4 is 10.6 Å². The summed E-state index contributed by atoms with van der Waals surface area (Å²) in [5.74, 6) is -0.307. The molecule has 9 heteroatoms. The monoisotopic (exact) mass is 435 g/mol. The highest BCUT2D eigenvalue weighted by molar-refractivity contribution is 7.20. The van der Waals surface area contributed by atoms with Crippen LogP contribution in [-0.4, -0.2) is 30.1 Å². The number of halogens is 1. The number of methoxy groups -OCH3 is 1. The van der Waals surface area contributed by atoms with E-state index >= 15 is 0 Å². The highest BCUT2D eigenvalue weighted by atomic mass is 35.5. The van der Waals surface area contributed by atoms with E-state index in [1.807, 2.05) is 47.2 Å². The number of carbonyl (C=O) groups excluding carboxylic acids is 2. The van der Waals surface area contributed by atoms with E-state index in [9.17, 15) is 9.59 Å². The number of thiophene rings is 1. The van der Waals surface area contributed by atoms with Crippen LogP contribution in [0, 0.1) is 0 Å². The standard InChI is InChI=1S/C19H18ClN3O3S2/c1-26-19(25)23-15(9-12-5-3-2-4-6-12)17(24)21-10-13-11-28-18(22-13)16-14(20)7-8-27-16/h2-8,11,15H,9-10H2,1H3,(H,21,24)(H,23,25)/t15-/m0/s1. The summed E-state index contributed by atoms with van der Waals surface area (Å²) in [5, 5.41) is 10.7. The predicted octanol–water partition coefficient (Wildman–Crippen LogP) is 4.11. The second kappa shape index (κ2) is 9.68. The van der Waals surface area contributed by atoms with Gasteiger partial charge in [0.15, 0.2) is 0 Å². The minimum atomic E-state index is -0.750. The van der Waals surface area contributed by atoms with Crippen LogP contribution >= 0.6 is 34.3 Å². The van der Waals surface area contributed by atoms with Gasteiger partial charge in [0.25, 0.3) is 0 Å². The van der Waals surface area contributed by atoms with E-state index in [4.69, 9.17) is 11.6 Å². The average molecular weight is 436 g/mol. The molecular formula is C19H18ClN3O3S2. The third-order valence-corrected chi connectivity index (χ3v) is 6.27. The fourth-order valence-electron chi connectivity index (χ4n) is 2.50. The number of aromatic nitrogens is 1. The number of alkyl carbamates (subject to hydrolysis) is 1. The molecule has 0 saturated carbocycles. The molecule has 0 fully saturated rings. The predicted molar refractivity (Wildman–Crippen MR) is 112 cm³/mol. The minimum Gasteiger partial charge on any atom is -0.453 e. The second-order valence-electron chi connectivity index (χ2n) is 5.84. The molecule has 0 bridgehead atoms. The quantitative estimate of drug-likeness (QED) is 0.585. The molecule has 1 aromatic carbocycles. The Hall–Kier alpha value is -2.42. The molecular weight excluding hydrogens is 418 g/mol. The molecule has 146 valence electrons. The first-order valence-electron chi connectivity index (χ1n) is 8.40. The zero-order valence-corrected chi connectivity index (χ0v) is 17.4. The van der Waals surface area contributed by atoms with Gasteiger partial charge in [-0.25, -0.2) is 9.78 Å². The first-order chi connectivity index (χ1) is 13.6. The largest absolute Gasteiger partial charge is 0.453 e. The highest BCUT2D eigenvalue weighted by Gasteiger charge is 2.22. The minimum absolute atomic E-state index is 0.256. The molecule has 28 heavy (non-hydrogen) atoms. The number of hydrogen-bond acceptors (Lipinski definition) is 6. The Morgan fingerprint density at radius 2 is 2.00 bits per heavy atom. The summed E-state index contributed by atoms with van der Waals surface area (Å²) in [6.07, 6.45) is -0.297. The van der Waals surface area contributed by atoms with E-state index in [-0.39, 0.29) is 12.5 Å². The molecule has 0 aliphatic rings. The van der Waals surface area contributed by atoms with Crippen LogP contribution in [0.3, 0.4) is 0 Å². The Labute approximate surface area is 175 Å². The van der Waals surface area contributed by atoms with Gasteiger partial charge in [0.2, 0.25) is 5.91 Å². The lowest BCUT2D eigenvalue weighted by molar-refractivity contribution is -0.123. The fourth-order valence-corrected chi connectivity index (χ4v) is 4.64. The van der Waals surface area contributed by atoms with Crippen LogP contribution in [0.2, 0.25) is 5.02 Å². The maximum Gasteiger partial charge on any atom is 0.407 e. The van der Waals surface area contributed by atoms with Crippen molar-refractivity contribution in [3.05, 3.63) is 63.4 Å². The zero-order valence-electron chi connectivity index (χ0n) is 15.0. The van der Waals surface area contributed by atoms with Crippen molar-refractivity contribution < 1.29 is 14.3 Å². The lowest BCUT2D eigenvalue weighted by atomic mass is 10.1. The molecule has 0 radical (unpaired) electrons. The first kappa shape index (κ1) is 20.3. The number of nitrogens with zero attached hydrogens (tertiary/aromatic N) is 1. The SMILES string of the molecule is COC(=O)N[C@@H](Cc1ccccc1)C(=O)NCc1csc(-c2sccc2Cl)n1. The smallest absolute Gasteiger partial charge is 0.407 e. The van der Waals surface area contributed by atoms with Crippen LogP contribution in [0.1, 0.15) is 11.3 Å². The summed E-state index contributed by atoms with van der Waals surface area (Å²) < 4.78 is 4.64. The molecule has 0 spiro atoms. The Balaban J connectivity index is 1.64. The Kier molecular flexibility index (Phi) is 7.02. The summed E-state index contributed by atoms with van der Waals surface area (Å²) in [6, 6.07) is 10.5. The summed E-state index contributed by atoms with van der Waals surface area (Å²) in [7, 11) is 1.26. The number of rotatable bonds is 7. The number of ether oxygens (including phenoxy) is 1. The number of thiazole rings is 1. The van der Waals surface area contributed by atoms with Crippen LogP contribution in [0.15, 0.2) is 47.2 Å². The van der Waals surface area contributed by atoms with Crippen molar-refractivity contribution in [1.29, 1.82) is 0 Å². The third kappa shape index (κ3) is 5.31. The van der Waals surface area contributed by atoms with Crippen molar-refractivity contribution in [2.75, 3.05) is 7.11 Å². The maximum atomic E-state index is 12.6. The molecule has 1 atom stereocenters. The van der Waals surface area contributed by atoms with Crippen molar-refractivity contribution in [2.24, 2.45) is 0 Å². The number of carbonyl (C=O) groups is 2. The van der Waals surface area contributed by atoms with Crippen molar-refractivity contribution in [3.8, 4) is 9.88 Å². The van der Waals surface area contributed by atoms with E-state index in [1.54, 1.807) is 0 Å². The van der Waals surface area contributed by atoms with Crippen LogP contribution in [0.25, 0.3) is 9.88 Å². The van der Waals surface area contributed by atoms with Gasteiger partial charge in [-0.2, -0.15) is 0 Å². The highest BCUT2D eigenvalue weighted by Crippen LogP contribution is 2.34. The second-order valence-corrected chi connectivity index (χ2v) is 8.02. The van der Waals surface area contributed by atoms with Gasteiger partial charge in [-0.15, -0.1) is 22.7 Å². The van der Waals surface area contributed by atoms with Gasteiger partial charge in [-0.3, -0.25) is 4.79 Å². The van der Waals surface area contributed by atoms with Gasteiger partial charge in [0.1, 0.15) is 11.0 Å². The number of nitrogens with one attached hydrogen (secondary N) is 2. The number of hydrogen-bond donors (Lipinski definition) is 2. The van der Waals surface area contributed by atoms with E-state index in [1.165, 1.54) is 29.8 Å². The third-order valence-electron chi connectivity index (χ3n) is 3.88. The summed E-state index contributed by atoms with van der Waals surface area (Å²) in [5.41, 5.74) is 1.66. The Bertz CT molecular complexity index is 943. The Morgan fingerprint density at radius 3 is 2.68 bits per heavy atom. The zero-order chi connectivity index (χ0) is 19.9. The molecule has 6 nitrogen and oxygen atoms in total. The first-order valence-corrected chi connectivity index (χ1v) is 10.5. The van der Waals surface area contributed by atoms with Gasteiger partial charge in [-0.05, 0) is 17.0 Å². The summed E-state index contributed by atoms with van der Waals surface area (Å²) >= 11 is 9.14. The summed E-state index contributed by atoms with van der Waals surface area (Å²) in [4.78, 5) is 29.7. The molecule has 2 amide bonds. The van der Waals surface area contributed by atoms with Crippen molar-refractivity contribution in [1.82, 2.24) is 15.6 Å². The van der Waals surface area contributed by atoms with Gasteiger partial charge in [0.05, 0.1) is 29.2 Å². The van der Waals surface area contributed by atoms with Crippen LogP contribution in [0.4, 0.5) is 4.79 Å². The molecule has 0 aliphatic heterocycles. The van der Waals surface area contributed by atoms with Gasteiger partial charge in [0, 0.05) is 11.8 Å². The number of amides is 2. The molecule has 0 saturated heterocycles. The van der Waals surface area contributed by atoms with E-state index in [2.05, 4.69) is 20.4 Å². The fraction of sp³-hybridized carbons (Fsp3) is 0.211. The van der Waals surface area contributed by atoms with Gasteiger partial charge < -0.3 is 15.4 Å². The van der Waals surface area contributed by atoms with E-state index < -0.39 is 12.1 Å².